The number of benzene rings is 1. The highest BCUT2D eigenvalue weighted by Crippen LogP contribution is 2.21. The molecule has 1 aliphatic rings. The number of aryl methyl sites for hydroxylation is 1. The summed E-state index contributed by atoms with van der Waals surface area (Å²) in [7, 11) is 0. The van der Waals surface area contributed by atoms with Gasteiger partial charge in [0.1, 0.15) is 0 Å². The zero-order chi connectivity index (χ0) is 17.0. The van der Waals surface area contributed by atoms with Crippen LogP contribution in [-0.4, -0.2) is 41.5 Å². The van der Waals surface area contributed by atoms with Crippen molar-refractivity contribution in [1.29, 1.82) is 0 Å². The lowest BCUT2D eigenvalue weighted by Crippen LogP contribution is -2.46. The Morgan fingerprint density at radius 1 is 1.35 bits per heavy atom. The van der Waals surface area contributed by atoms with Crippen molar-refractivity contribution in [2.45, 2.75) is 52.1 Å². The molecule has 126 valence electrons. The highest BCUT2D eigenvalue weighted by Gasteiger charge is 2.36. The van der Waals surface area contributed by atoms with Gasteiger partial charge in [-0.3, -0.25) is 4.79 Å². The third-order valence-corrected chi connectivity index (χ3v) is 4.05. The summed E-state index contributed by atoms with van der Waals surface area (Å²) in [6, 6.07) is 7.95. The first-order valence-corrected chi connectivity index (χ1v) is 8.16. The van der Waals surface area contributed by atoms with Crippen molar-refractivity contribution in [3.63, 3.8) is 0 Å². The van der Waals surface area contributed by atoms with Crippen LogP contribution in [0, 0.1) is 6.92 Å². The molecule has 1 aromatic carbocycles. The summed E-state index contributed by atoms with van der Waals surface area (Å²) in [6.45, 7) is 9.24. The van der Waals surface area contributed by atoms with Crippen molar-refractivity contribution in [2.24, 2.45) is 0 Å². The van der Waals surface area contributed by atoms with E-state index < -0.39 is 0 Å². The molecule has 1 atom stereocenters. The molecule has 2 N–H and O–H groups in total. The van der Waals surface area contributed by atoms with Gasteiger partial charge in [-0.2, -0.15) is 0 Å². The molecule has 1 aliphatic heterocycles. The molecule has 1 heterocycles. The van der Waals surface area contributed by atoms with Gasteiger partial charge in [0.05, 0.1) is 6.04 Å². The molecule has 0 aromatic heterocycles. The Bertz CT molecular complexity index is 578. The highest BCUT2D eigenvalue weighted by atomic mass is 16.2. The molecule has 0 saturated carbocycles. The zero-order valence-electron chi connectivity index (χ0n) is 14.5. The third kappa shape index (κ3) is 4.98. The van der Waals surface area contributed by atoms with Crippen LogP contribution in [0.4, 0.5) is 4.79 Å². The Morgan fingerprint density at radius 3 is 2.70 bits per heavy atom. The van der Waals surface area contributed by atoms with Crippen LogP contribution < -0.4 is 10.6 Å². The second kappa shape index (κ2) is 7.02. The maximum Gasteiger partial charge on any atom is 0.315 e. The predicted octanol–water partition coefficient (Wildman–Crippen LogP) is 2.24. The topological polar surface area (TPSA) is 61.4 Å². The standard InChI is InChI=1S/C18H27N3O2/c1-13-6-5-7-14(10-13)8-9-19-17(23)20-15-11-16(22)21(12-15)18(2,3)4/h5-7,10,15H,8-9,11-12H2,1-4H3,(H2,19,20,23). The van der Waals surface area contributed by atoms with E-state index in [1.54, 1.807) is 0 Å². The minimum atomic E-state index is -0.203. The maximum absolute atomic E-state index is 12.0. The molecule has 0 spiro atoms. The van der Waals surface area contributed by atoms with Crippen LogP contribution in [0.1, 0.15) is 38.3 Å². The molecule has 3 amide bonds. The first-order valence-electron chi connectivity index (χ1n) is 8.16. The molecule has 1 unspecified atom stereocenters. The van der Waals surface area contributed by atoms with E-state index in [2.05, 4.69) is 35.8 Å². The second-order valence-electron chi connectivity index (χ2n) is 7.22. The number of hydrogen-bond donors (Lipinski definition) is 2. The number of carbonyl (C=O) groups excluding carboxylic acids is 2. The van der Waals surface area contributed by atoms with Gasteiger partial charge >= 0.3 is 6.03 Å². The third-order valence-electron chi connectivity index (χ3n) is 4.05. The molecule has 23 heavy (non-hydrogen) atoms. The molecule has 0 bridgehead atoms. The molecule has 0 radical (unpaired) electrons. The van der Waals surface area contributed by atoms with E-state index in [4.69, 9.17) is 0 Å². The smallest absolute Gasteiger partial charge is 0.315 e. The van der Waals surface area contributed by atoms with Crippen molar-refractivity contribution in [1.82, 2.24) is 15.5 Å². The SMILES string of the molecule is Cc1cccc(CCNC(=O)NC2CC(=O)N(C(C)(C)C)C2)c1. The van der Waals surface area contributed by atoms with E-state index in [0.29, 0.717) is 19.5 Å². The molecule has 5 nitrogen and oxygen atoms in total. The fourth-order valence-corrected chi connectivity index (χ4v) is 2.88. The molecule has 1 fully saturated rings. The predicted molar refractivity (Wildman–Crippen MR) is 91.3 cm³/mol. The first kappa shape index (κ1) is 17.3. The van der Waals surface area contributed by atoms with Crippen molar-refractivity contribution >= 4 is 11.9 Å². The van der Waals surface area contributed by atoms with Crippen LogP contribution in [0.25, 0.3) is 0 Å². The minimum Gasteiger partial charge on any atom is -0.338 e. The summed E-state index contributed by atoms with van der Waals surface area (Å²) < 4.78 is 0. The van der Waals surface area contributed by atoms with E-state index in [1.165, 1.54) is 11.1 Å². The van der Waals surface area contributed by atoms with E-state index in [0.717, 1.165) is 6.42 Å². The van der Waals surface area contributed by atoms with Crippen LogP contribution in [0.2, 0.25) is 0 Å². The largest absolute Gasteiger partial charge is 0.338 e. The summed E-state index contributed by atoms with van der Waals surface area (Å²) in [5.74, 6) is 0.0996. The second-order valence-corrected chi connectivity index (χ2v) is 7.22. The van der Waals surface area contributed by atoms with Crippen LogP contribution in [0.3, 0.4) is 0 Å². The van der Waals surface area contributed by atoms with Gasteiger partial charge in [0.15, 0.2) is 0 Å². The summed E-state index contributed by atoms with van der Waals surface area (Å²) in [6.07, 6.45) is 1.18. The van der Waals surface area contributed by atoms with Gasteiger partial charge in [-0.15, -0.1) is 0 Å². The Hall–Kier alpha value is -2.04. The highest BCUT2D eigenvalue weighted by molar-refractivity contribution is 5.82. The van der Waals surface area contributed by atoms with E-state index in [9.17, 15) is 9.59 Å². The number of urea groups is 1. The fraction of sp³-hybridized carbons (Fsp3) is 0.556. The van der Waals surface area contributed by atoms with E-state index >= 15 is 0 Å². The Balaban J connectivity index is 1.74. The molecular weight excluding hydrogens is 290 g/mol. The molecule has 2 rings (SSSR count). The lowest BCUT2D eigenvalue weighted by atomic mass is 10.1. The van der Waals surface area contributed by atoms with Crippen molar-refractivity contribution in [2.75, 3.05) is 13.1 Å². The summed E-state index contributed by atoms with van der Waals surface area (Å²) in [5, 5.41) is 5.76. The number of carbonyl (C=O) groups is 2. The summed E-state index contributed by atoms with van der Waals surface area (Å²) in [4.78, 5) is 25.8. The Kier molecular flexibility index (Phi) is 5.29. The van der Waals surface area contributed by atoms with Gasteiger partial charge in [-0.1, -0.05) is 29.8 Å². The lowest BCUT2D eigenvalue weighted by molar-refractivity contribution is -0.131. The molecule has 5 heteroatoms. The average molecular weight is 317 g/mol. The fourth-order valence-electron chi connectivity index (χ4n) is 2.88. The van der Waals surface area contributed by atoms with Gasteiger partial charge in [0, 0.05) is 25.0 Å². The Morgan fingerprint density at radius 2 is 2.09 bits per heavy atom. The number of rotatable bonds is 4. The van der Waals surface area contributed by atoms with Crippen molar-refractivity contribution < 1.29 is 9.59 Å². The number of amides is 3. The first-order chi connectivity index (χ1) is 10.8. The van der Waals surface area contributed by atoms with Crippen LogP contribution >= 0.6 is 0 Å². The van der Waals surface area contributed by atoms with Crippen LogP contribution in [0.15, 0.2) is 24.3 Å². The van der Waals surface area contributed by atoms with E-state index in [-0.39, 0.29) is 23.5 Å². The van der Waals surface area contributed by atoms with Crippen molar-refractivity contribution in [3.05, 3.63) is 35.4 Å². The number of nitrogens with zero attached hydrogens (tertiary/aromatic N) is 1. The quantitative estimate of drug-likeness (QED) is 0.894. The average Bonchev–Trinajstić information content (AvgIpc) is 2.79. The number of nitrogens with one attached hydrogen (secondary N) is 2. The lowest BCUT2D eigenvalue weighted by Gasteiger charge is -2.32. The van der Waals surface area contributed by atoms with Gasteiger partial charge in [-0.25, -0.2) is 4.79 Å². The van der Waals surface area contributed by atoms with Crippen molar-refractivity contribution in [3.8, 4) is 0 Å². The number of likely N-dealkylation sites (tertiary alicyclic amines) is 1. The maximum atomic E-state index is 12.0. The van der Waals surface area contributed by atoms with Gasteiger partial charge < -0.3 is 15.5 Å². The van der Waals surface area contributed by atoms with Gasteiger partial charge in [-0.05, 0) is 39.7 Å². The molecule has 1 saturated heterocycles. The molecular formula is C18H27N3O2. The monoisotopic (exact) mass is 317 g/mol. The number of hydrogen-bond acceptors (Lipinski definition) is 2. The molecule has 1 aromatic rings. The molecule has 0 aliphatic carbocycles. The van der Waals surface area contributed by atoms with Crippen LogP contribution in [0.5, 0.6) is 0 Å². The van der Waals surface area contributed by atoms with Gasteiger partial charge in [0.2, 0.25) is 5.91 Å². The minimum absolute atomic E-state index is 0.0996. The zero-order valence-corrected chi connectivity index (χ0v) is 14.5. The summed E-state index contributed by atoms with van der Waals surface area (Å²) in [5.41, 5.74) is 2.23. The normalized spacial score (nSPS) is 18.2. The van der Waals surface area contributed by atoms with Crippen LogP contribution in [-0.2, 0) is 11.2 Å². The Labute approximate surface area is 138 Å². The summed E-state index contributed by atoms with van der Waals surface area (Å²) >= 11 is 0. The van der Waals surface area contributed by atoms with E-state index in [1.807, 2.05) is 31.7 Å². The van der Waals surface area contributed by atoms with Gasteiger partial charge in [0.25, 0.3) is 0 Å².